The standard InChI is InChI=1S/C16H17BrN2O3/c17-12-7-3-4-8-13(12)18-14(20)9-19-15(21)10-5-1-2-6-11(10)16(19)22/h3-4,7-8,10-11H,1-2,5-6,9H2,(H,18,20)/t10-,11-/m0/s1. The molecule has 1 aliphatic heterocycles. The van der Waals surface area contributed by atoms with Gasteiger partial charge < -0.3 is 5.32 Å². The maximum absolute atomic E-state index is 12.3. The van der Waals surface area contributed by atoms with Crippen molar-refractivity contribution in [1.29, 1.82) is 0 Å². The Kier molecular flexibility index (Phi) is 4.29. The number of para-hydroxylation sites is 1. The van der Waals surface area contributed by atoms with Gasteiger partial charge in [0, 0.05) is 4.47 Å². The zero-order chi connectivity index (χ0) is 15.7. The first-order valence-corrected chi connectivity index (χ1v) is 8.27. The van der Waals surface area contributed by atoms with E-state index in [4.69, 9.17) is 0 Å². The van der Waals surface area contributed by atoms with Crippen LogP contribution in [0.4, 0.5) is 5.69 Å². The van der Waals surface area contributed by atoms with Crippen molar-refractivity contribution in [3.63, 3.8) is 0 Å². The van der Waals surface area contributed by atoms with Crippen molar-refractivity contribution >= 4 is 39.3 Å². The zero-order valence-electron chi connectivity index (χ0n) is 12.0. The Bertz CT molecular complexity index is 608. The number of hydrogen-bond donors (Lipinski definition) is 1. The summed E-state index contributed by atoms with van der Waals surface area (Å²) in [6.07, 6.45) is 3.49. The molecule has 0 unspecified atom stereocenters. The first-order valence-electron chi connectivity index (χ1n) is 7.47. The number of hydrogen-bond acceptors (Lipinski definition) is 3. The van der Waals surface area contributed by atoms with E-state index in [9.17, 15) is 14.4 Å². The van der Waals surface area contributed by atoms with Crippen LogP contribution in [0, 0.1) is 11.8 Å². The molecule has 1 saturated carbocycles. The van der Waals surface area contributed by atoms with Gasteiger partial charge in [0.2, 0.25) is 17.7 Å². The molecule has 22 heavy (non-hydrogen) atoms. The van der Waals surface area contributed by atoms with Gasteiger partial charge in [-0.05, 0) is 40.9 Å². The first-order chi connectivity index (χ1) is 10.6. The van der Waals surface area contributed by atoms with Gasteiger partial charge in [-0.2, -0.15) is 0 Å². The molecule has 2 atom stereocenters. The third kappa shape index (κ3) is 2.79. The minimum atomic E-state index is -0.354. The van der Waals surface area contributed by atoms with Gasteiger partial charge in [-0.15, -0.1) is 0 Å². The van der Waals surface area contributed by atoms with E-state index >= 15 is 0 Å². The predicted octanol–water partition coefficient (Wildman–Crippen LogP) is 2.56. The summed E-state index contributed by atoms with van der Waals surface area (Å²) in [7, 11) is 0. The van der Waals surface area contributed by atoms with E-state index in [1.165, 1.54) is 0 Å². The number of amides is 3. The summed E-state index contributed by atoms with van der Waals surface area (Å²) in [4.78, 5) is 37.9. The van der Waals surface area contributed by atoms with Crippen LogP contribution in [0.1, 0.15) is 25.7 Å². The molecular formula is C16H17BrN2O3. The number of carbonyl (C=O) groups is 3. The minimum absolute atomic E-state index is 0.183. The number of halogens is 1. The van der Waals surface area contributed by atoms with Gasteiger partial charge >= 0.3 is 0 Å². The molecule has 2 fully saturated rings. The topological polar surface area (TPSA) is 66.5 Å². The lowest BCUT2D eigenvalue weighted by atomic mass is 9.81. The third-order valence-electron chi connectivity index (χ3n) is 4.38. The smallest absolute Gasteiger partial charge is 0.244 e. The summed E-state index contributed by atoms with van der Waals surface area (Å²) in [5, 5.41) is 2.73. The van der Waals surface area contributed by atoms with E-state index < -0.39 is 0 Å². The molecule has 1 heterocycles. The van der Waals surface area contributed by atoms with Crippen molar-refractivity contribution in [2.24, 2.45) is 11.8 Å². The highest BCUT2D eigenvalue weighted by molar-refractivity contribution is 9.10. The number of imide groups is 1. The van der Waals surface area contributed by atoms with E-state index in [2.05, 4.69) is 21.2 Å². The molecule has 3 rings (SSSR count). The SMILES string of the molecule is O=C(CN1C(=O)[C@H]2CCCC[C@@H]2C1=O)Nc1ccccc1Br. The summed E-state index contributed by atoms with van der Waals surface area (Å²) >= 11 is 3.35. The van der Waals surface area contributed by atoms with Crippen molar-refractivity contribution in [3.8, 4) is 0 Å². The number of likely N-dealkylation sites (tertiary alicyclic amines) is 1. The van der Waals surface area contributed by atoms with E-state index in [-0.39, 0.29) is 36.1 Å². The summed E-state index contributed by atoms with van der Waals surface area (Å²) in [5.41, 5.74) is 0.629. The lowest BCUT2D eigenvalue weighted by Crippen LogP contribution is -2.38. The van der Waals surface area contributed by atoms with Crippen molar-refractivity contribution in [2.45, 2.75) is 25.7 Å². The molecule has 1 aromatic carbocycles. The van der Waals surface area contributed by atoms with Crippen LogP contribution in [-0.4, -0.2) is 29.2 Å². The van der Waals surface area contributed by atoms with Crippen LogP contribution < -0.4 is 5.32 Å². The molecule has 116 valence electrons. The second-order valence-electron chi connectivity index (χ2n) is 5.79. The molecule has 1 saturated heterocycles. The van der Waals surface area contributed by atoms with E-state index in [1.807, 2.05) is 12.1 Å². The van der Waals surface area contributed by atoms with Crippen LogP contribution >= 0.6 is 15.9 Å². The minimum Gasteiger partial charge on any atom is -0.324 e. The second kappa shape index (κ2) is 6.20. The Balaban J connectivity index is 1.68. The third-order valence-corrected chi connectivity index (χ3v) is 5.07. The molecule has 0 spiro atoms. The first kappa shape index (κ1) is 15.2. The fraction of sp³-hybridized carbons (Fsp3) is 0.438. The highest BCUT2D eigenvalue weighted by Gasteiger charge is 2.48. The molecule has 2 aliphatic rings. The Morgan fingerprint density at radius 3 is 2.32 bits per heavy atom. The molecule has 6 heteroatoms. The number of nitrogens with one attached hydrogen (secondary N) is 1. The molecule has 0 radical (unpaired) electrons. The normalized spacial score (nSPS) is 24.3. The van der Waals surface area contributed by atoms with Crippen LogP contribution in [0.15, 0.2) is 28.7 Å². The second-order valence-corrected chi connectivity index (χ2v) is 6.64. The maximum atomic E-state index is 12.3. The quantitative estimate of drug-likeness (QED) is 0.838. The van der Waals surface area contributed by atoms with Gasteiger partial charge in [0.05, 0.1) is 17.5 Å². The van der Waals surface area contributed by atoms with Crippen molar-refractivity contribution in [2.75, 3.05) is 11.9 Å². The Labute approximate surface area is 137 Å². The Morgan fingerprint density at radius 1 is 1.14 bits per heavy atom. The molecule has 0 aromatic heterocycles. The zero-order valence-corrected chi connectivity index (χ0v) is 13.6. The number of anilines is 1. The van der Waals surface area contributed by atoms with Gasteiger partial charge in [-0.1, -0.05) is 25.0 Å². The highest BCUT2D eigenvalue weighted by atomic mass is 79.9. The predicted molar refractivity (Wildman–Crippen MR) is 84.9 cm³/mol. The lowest BCUT2D eigenvalue weighted by Gasteiger charge is -2.19. The number of carbonyl (C=O) groups excluding carboxylic acids is 3. The average Bonchev–Trinajstić information content (AvgIpc) is 2.75. The molecular weight excluding hydrogens is 348 g/mol. The lowest BCUT2D eigenvalue weighted by molar-refractivity contribution is -0.142. The average molecular weight is 365 g/mol. The van der Waals surface area contributed by atoms with Crippen LogP contribution in [0.25, 0.3) is 0 Å². The van der Waals surface area contributed by atoms with Gasteiger partial charge in [0.1, 0.15) is 6.54 Å². The molecule has 0 bridgehead atoms. The molecule has 1 aliphatic carbocycles. The van der Waals surface area contributed by atoms with Crippen molar-refractivity contribution in [3.05, 3.63) is 28.7 Å². The highest BCUT2D eigenvalue weighted by Crippen LogP contribution is 2.37. The summed E-state index contributed by atoms with van der Waals surface area (Å²) in [6, 6.07) is 7.23. The number of rotatable bonds is 3. The summed E-state index contributed by atoms with van der Waals surface area (Å²) < 4.78 is 0.760. The van der Waals surface area contributed by atoms with Crippen LogP contribution in [0.2, 0.25) is 0 Å². The molecule has 5 nitrogen and oxygen atoms in total. The Morgan fingerprint density at radius 2 is 1.73 bits per heavy atom. The van der Waals surface area contributed by atoms with E-state index in [0.29, 0.717) is 5.69 Å². The number of benzene rings is 1. The van der Waals surface area contributed by atoms with Crippen LogP contribution in [0.3, 0.4) is 0 Å². The maximum Gasteiger partial charge on any atom is 0.244 e. The monoisotopic (exact) mass is 364 g/mol. The van der Waals surface area contributed by atoms with E-state index in [1.54, 1.807) is 12.1 Å². The van der Waals surface area contributed by atoms with Crippen LogP contribution in [0.5, 0.6) is 0 Å². The van der Waals surface area contributed by atoms with Gasteiger partial charge in [0.25, 0.3) is 0 Å². The van der Waals surface area contributed by atoms with Crippen LogP contribution in [-0.2, 0) is 14.4 Å². The van der Waals surface area contributed by atoms with Crippen molar-refractivity contribution in [1.82, 2.24) is 4.90 Å². The van der Waals surface area contributed by atoms with Gasteiger partial charge in [-0.3, -0.25) is 19.3 Å². The van der Waals surface area contributed by atoms with Gasteiger partial charge in [-0.25, -0.2) is 0 Å². The molecule has 1 N–H and O–H groups in total. The number of nitrogens with zero attached hydrogens (tertiary/aromatic N) is 1. The molecule has 1 aromatic rings. The Hall–Kier alpha value is -1.69. The van der Waals surface area contributed by atoms with Gasteiger partial charge in [0.15, 0.2) is 0 Å². The number of fused-ring (bicyclic) bond motifs is 1. The largest absolute Gasteiger partial charge is 0.324 e. The van der Waals surface area contributed by atoms with Crippen molar-refractivity contribution < 1.29 is 14.4 Å². The summed E-state index contributed by atoms with van der Waals surface area (Å²) in [6.45, 7) is -0.202. The molecule has 3 amide bonds. The fourth-order valence-corrected chi connectivity index (χ4v) is 3.67. The fourth-order valence-electron chi connectivity index (χ4n) is 3.28. The summed E-state index contributed by atoms with van der Waals surface area (Å²) in [5.74, 6) is -1.14. The van der Waals surface area contributed by atoms with E-state index in [0.717, 1.165) is 35.1 Å².